The molecule has 6 nitrogen and oxygen atoms in total. The normalized spacial score (nSPS) is 25.4. The summed E-state index contributed by atoms with van der Waals surface area (Å²) in [7, 11) is 1.93. The fourth-order valence-corrected chi connectivity index (χ4v) is 2.31. The van der Waals surface area contributed by atoms with Crippen LogP contribution in [0.1, 0.15) is 18.6 Å². The molecule has 0 bridgehead atoms. The number of aromatic nitrogens is 3. The van der Waals surface area contributed by atoms with E-state index in [-0.39, 0.29) is 11.8 Å². The highest BCUT2D eigenvalue weighted by molar-refractivity contribution is 5.71. The second-order valence-electron chi connectivity index (χ2n) is 4.84. The fraction of sp³-hybridized carbons (Fsp3) is 0.727. The molecule has 1 aromatic rings. The van der Waals surface area contributed by atoms with E-state index in [1.807, 2.05) is 25.5 Å². The number of carbonyl (C=O) groups is 1. The van der Waals surface area contributed by atoms with Gasteiger partial charge in [0.2, 0.25) is 0 Å². The highest BCUT2D eigenvalue weighted by Crippen LogP contribution is 2.24. The van der Waals surface area contributed by atoms with Gasteiger partial charge in [-0.2, -0.15) is 0 Å². The van der Waals surface area contributed by atoms with Crippen LogP contribution in [0.2, 0.25) is 0 Å². The molecule has 0 aromatic carbocycles. The second-order valence-corrected chi connectivity index (χ2v) is 4.84. The molecule has 0 aliphatic carbocycles. The summed E-state index contributed by atoms with van der Waals surface area (Å²) >= 11 is 0. The van der Waals surface area contributed by atoms with E-state index in [9.17, 15) is 4.79 Å². The van der Waals surface area contributed by atoms with Crippen molar-refractivity contribution < 1.29 is 9.90 Å². The van der Waals surface area contributed by atoms with Crippen LogP contribution < -0.4 is 0 Å². The Balaban J connectivity index is 2.02. The van der Waals surface area contributed by atoms with Crippen LogP contribution in [-0.2, 0) is 18.4 Å². The summed E-state index contributed by atoms with van der Waals surface area (Å²) in [6.07, 6.45) is 0. The van der Waals surface area contributed by atoms with Gasteiger partial charge in [0.15, 0.2) is 0 Å². The van der Waals surface area contributed by atoms with Crippen molar-refractivity contribution in [1.29, 1.82) is 0 Å². The van der Waals surface area contributed by atoms with Crippen molar-refractivity contribution in [3.05, 3.63) is 11.6 Å². The van der Waals surface area contributed by atoms with E-state index in [2.05, 4.69) is 15.1 Å². The lowest BCUT2D eigenvalue weighted by molar-refractivity contribution is -0.142. The molecule has 94 valence electrons. The van der Waals surface area contributed by atoms with Crippen LogP contribution in [0.3, 0.4) is 0 Å². The van der Waals surface area contributed by atoms with Crippen LogP contribution in [0.4, 0.5) is 0 Å². The Labute approximate surface area is 100 Å². The van der Waals surface area contributed by atoms with Crippen LogP contribution >= 0.6 is 0 Å². The van der Waals surface area contributed by atoms with E-state index in [1.54, 1.807) is 0 Å². The molecule has 2 unspecified atom stereocenters. The number of rotatable bonds is 3. The standard InChI is InChI=1S/C11H18N4O2/c1-7-4-15(5-9(7)11(16)17)6-10-13-12-8(2)14(10)3/h7,9H,4-6H2,1-3H3,(H,16,17). The van der Waals surface area contributed by atoms with Crippen LogP contribution in [0.25, 0.3) is 0 Å². The van der Waals surface area contributed by atoms with E-state index in [0.717, 1.165) is 18.2 Å². The summed E-state index contributed by atoms with van der Waals surface area (Å²) in [6.45, 7) is 5.97. The topological polar surface area (TPSA) is 71.2 Å². The minimum atomic E-state index is -0.700. The first-order valence-electron chi connectivity index (χ1n) is 5.79. The van der Waals surface area contributed by atoms with Crippen molar-refractivity contribution in [2.24, 2.45) is 18.9 Å². The first-order valence-corrected chi connectivity index (χ1v) is 5.79. The summed E-state index contributed by atoms with van der Waals surface area (Å²) < 4.78 is 1.94. The molecule has 2 heterocycles. The van der Waals surface area contributed by atoms with Gasteiger partial charge < -0.3 is 9.67 Å². The Morgan fingerprint density at radius 1 is 1.47 bits per heavy atom. The lowest BCUT2D eigenvalue weighted by atomic mass is 9.99. The number of aliphatic carboxylic acids is 1. The Kier molecular flexibility index (Phi) is 3.15. The fourth-order valence-electron chi connectivity index (χ4n) is 2.31. The summed E-state index contributed by atoms with van der Waals surface area (Å²) in [5, 5.41) is 17.2. The van der Waals surface area contributed by atoms with E-state index in [0.29, 0.717) is 13.1 Å². The molecule has 1 N–H and O–H groups in total. The third kappa shape index (κ3) is 2.31. The summed E-state index contributed by atoms with van der Waals surface area (Å²) in [4.78, 5) is 13.2. The average molecular weight is 238 g/mol. The van der Waals surface area contributed by atoms with Crippen molar-refractivity contribution >= 4 is 5.97 Å². The first kappa shape index (κ1) is 12.0. The highest BCUT2D eigenvalue weighted by atomic mass is 16.4. The quantitative estimate of drug-likeness (QED) is 0.818. The minimum Gasteiger partial charge on any atom is -0.481 e. The molecule has 1 aliphatic heterocycles. The number of likely N-dealkylation sites (tertiary alicyclic amines) is 1. The van der Waals surface area contributed by atoms with Gasteiger partial charge in [0.25, 0.3) is 0 Å². The molecule has 17 heavy (non-hydrogen) atoms. The molecule has 0 saturated carbocycles. The molecule has 1 aliphatic rings. The van der Waals surface area contributed by atoms with Crippen molar-refractivity contribution in [3.8, 4) is 0 Å². The monoisotopic (exact) mass is 238 g/mol. The van der Waals surface area contributed by atoms with Crippen LogP contribution in [-0.4, -0.2) is 43.8 Å². The Morgan fingerprint density at radius 3 is 2.65 bits per heavy atom. The largest absolute Gasteiger partial charge is 0.481 e. The molecule has 2 atom stereocenters. The molecule has 1 fully saturated rings. The van der Waals surface area contributed by atoms with Gasteiger partial charge in [-0.05, 0) is 12.8 Å². The number of carboxylic acids is 1. The van der Waals surface area contributed by atoms with Crippen molar-refractivity contribution in [3.63, 3.8) is 0 Å². The summed E-state index contributed by atoms with van der Waals surface area (Å²) in [5.41, 5.74) is 0. The summed E-state index contributed by atoms with van der Waals surface area (Å²) in [5.74, 6) is 1.00. The Bertz CT molecular complexity index is 429. The molecule has 1 saturated heterocycles. The molecule has 6 heteroatoms. The van der Waals surface area contributed by atoms with Crippen molar-refractivity contribution in [2.45, 2.75) is 20.4 Å². The first-order chi connectivity index (χ1) is 7.99. The van der Waals surface area contributed by atoms with Gasteiger partial charge in [-0.15, -0.1) is 10.2 Å². The number of nitrogens with zero attached hydrogens (tertiary/aromatic N) is 4. The molecule has 2 rings (SSSR count). The lowest BCUT2D eigenvalue weighted by Crippen LogP contribution is -2.24. The van der Waals surface area contributed by atoms with Crippen LogP contribution in [0, 0.1) is 18.8 Å². The highest BCUT2D eigenvalue weighted by Gasteiger charge is 2.35. The second kappa shape index (κ2) is 4.44. The van der Waals surface area contributed by atoms with Crippen molar-refractivity contribution in [1.82, 2.24) is 19.7 Å². The zero-order valence-corrected chi connectivity index (χ0v) is 10.4. The maximum atomic E-state index is 11.0. The number of hydrogen-bond donors (Lipinski definition) is 1. The smallest absolute Gasteiger partial charge is 0.308 e. The van der Waals surface area contributed by atoms with Crippen molar-refractivity contribution in [2.75, 3.05) is 13.1 Å². The Morgan fingerprint density at radius 2 is 2.18 bits per heavy atom. The molecule has 0 amide bonds. The predicted molar refractivity (Wildman–Crippen MR) is 61.3 cm³/mol. The van der Waals surface area contributed by atoms with E-state index >= 15 is 0 Å². The molecule has 0 radical (unpaired) electrons. The third-order valence-corrected chi connectivity index (χ3v) is 3.55. The third-order valence-electron chi connectivity index (χ3n) is 3.55. The van der Waals surface area contributed by atoms with Crippen LogP contribution in [0.5, 0.6) is 0 Å². The maximum absolute atomic E-state index is 11.0. The minimum absolute atomic E-state index is 0.196. The van der Waals surface area contributed by atoms with Gasteiger partial charge in [-0.25, -0.2) is 0 Å². The number of aryl methyl sites for hydroxylation is 1. The van der Waals surface area contributed by atoms with E-state index in [1.165, 1.54) is 0 Å². The Hall–Kier alpha value is -1.43. The van der Waals surface area contributed by atoms with Gasteiger partial charge >= 0.3 is 5.97 Å². The number of carboxylic acid groups (broad SMARTS) is 1. The average Bonchev–Trinajstić information content (AvgIpc) is 2.76. The predicted octanol–water partition coefficient (Wildman–Crippen LogP) is 0.276. The molecule has 1 aromatic heterocycles. The van der Waals surface area contributed by atoms with E-state index in [4.69, 9.17) is 5.11 Å². The molecule has 0 spiro atoms. The number of hydrogen-bond acceptors (Lipinski definition) is 4. The maximum Gasteiger partial charge on any atom is 0.308 e. The van der Waals surface area contributed by atoms with E-state index < -0.39 is 5.97 Å². The van der Waals surface area contributed by atoms with Gasteiger partial charge in [0.1, 0.15) is 11.6 Å². The van der Waals surface area contributed by atoms with Crippen LogP contribution in [0.15, 0.2) is 0 Å². The van der Waals surface area contributed by atoms with Gasteiger partial charge in [0.05, 0.1) is 12.5 Å². The van der Waals surface area contributed by atoms with Gasteiger partial charge in [-0.1, -0.05) is 6.92 Å². The molecular formula is C11H18N4O2. The lowest BCUT2D eigenvalue weighted by Gasteiger charge is -2.14. The SMILES string of the molecule is Cc1nnc(CN2CC(C)C(C(=O)O)C2)n1C. The summed E-state index contributed by atoms with van der Waals surface area (Å²) in [6, 6.07) is 0. The van der Waals surface area contributed by atoms with Gasteiger partial charge in [0, 0.05) is 20.1 Å². The van der Waals surface area contributed by atoms with Gasteiger partial charge in [-0.3, -0.25) is 9.69 Å². The molecular weight excluding hydrogens is 220 g/mol. The zero-order chi connectivity index (χ0) is 12.6. The zero-order valence-electron chi connectivity index (χ0n) is 10.4.